The van der Waals surface area contributed by atoms with Crippen LogP contribution in [0.2, 0.25) is 0 Å². The Morgan fingerprint density at radius 3 is 2.87 bits per heavy atom. The molecule has 1 heterocycles. The second-order valence-corrected chi connectivity index (χ2v) is 2.98. The number of nitrogens with two attached hydrogens (primary N) is 1. The van der Waals surface area contributed by atoms with Crippen LogP contribution in [0.25, 0.3) is 0 Å². The molecule has 1 aromatic carbocycles. The predicted molar refractivity (Wildman–Crippen MR) is 57.4 cm³/mol. The molecule has 1 aromatic heterocycles. The standard InChI is InChI=1S/C10H10N4O/c11-8-4-2-1-3-7(8)9(15)14-10-12-5-6-13-10/h1-6H,11H2,(H2,12,13,14,15). The highest BCUT2D eigenvalue weighted by Crippen LogP contribution is 2.11. The molecule has 15 heavy (non-hydrogen) atoms. The highest BCUT2D eigenvalue weighted by Gasteiger charge is 2.09. The summed E-state index contributed by atoms with van der Waals surface area (Å²) in [5.74, 6) is 0.131. The Labute approximate surface area is 86.3 Å². The lowest BCUT2D eigenvalue weighted by Gasteiger charge is -2.04. The first-order chi connectivity index (χ1) is 7.27. The van der Waals surface area contributed by atoms with E-state index in [0.29, 0.717) is 17.2 Å². The molecule has 4 N–H and O–H groups in total. The minimum Gasteiger partial charge on any atom is -0.398 e. The van der Waals surface area contributed by atoms with Gasteiger partial charge in [-0.3, -0.25) is 10.1 Å². The van der Waals surface area contributed by atoms with Crippen LogP contribution in [0.15, 0.2) is 36.7 Å². The number of carbonyl (C=O) groups excluding carboxylic acids is 1. The number of carbonyl (C=O) groups is 1. The molecular weight excluding hydrogens is 192 g/mol. The van der Waals surface area contributed by atoms with E-state index in [2.05, 4.69) is 15.3 Å². The Morgan fingerprint density at radius 1 is 1.40 bits per heavy atom. The van der Waals surface area contributed by atoms with Gasteiger partial charge in [0.15, 0.2) is 0 Å². The van der Waals surface area contributed by atoms with E-state index < -0.39 is 0 Å². The van der Waals surface area contributed by atoms with Gasteiger partial charge in [-0.1, -0.05) is 12.1 Å². The van der Waals surface area contributed by atoms with E-state index in [0.717, 1.165) is 0 Å². The Kier molecular flexibility index (Phi) is 2.37. The Morgan fingerprint density at radius 2 is 2.20 bits per heavy atom. The minimum absolute atomic E-state index is 0.275. The maximum absolute atomic E-state index is 11.7. The number of amides is 1. The zero-order valence-electron chi connectivity index (χ0n) is 7.90. The molecule has 0 fully saturated rings. The van der Waals surface area contributed by atoms with Gasteiger partial charge in [0, 0.05) is 18.1 Å². The molecule has 0 radical (unpaired) electrons. The largest absolute Gasteiger partial charge is 0.398 e. The van der Waals surface area contributed by atoms with Crippen LogP contribution in [0.1, 0.15) is 10.4 Å². The summed E-state index contributed by atoms with van der Waals surface area (Å²) in [5.41, 5.74) is 6.54. The summed E-state index contributed by atoms with van der Waals surface area (Å²) in [5, 5.41) is 2.59. The van der Waals surface area contributed by atoms with Crippen molar-refractivity contribution in [2.24, 2.45) is 0 Å². The number of benzene rings is 1. The fourth-order valence-electron chi connectivity index (χ4n) is 1.21. The molecule has 0 unspecified atom stereocenters. The SMILES string of the molecule is Nc1ccccc1C(=O)Nc1ncc[nH]1. The van der Waals surface area contributed by atoms with Crippen LogP contribution in [-0.2, 0) is 0 Å². The van der Waals surface area contributed by atoms with E-state index in [1.807, 2.05) is 0 Å². The highest BCUT2D eigenvalue weighted by atomic mass is 16.1. The molecule has 0 aliphatic heterocycles. The van der Waals surface area contributed by atoms with Crippen molar-refractivity contribution >= 4 is 17.5 Å². The van der Waals surface area contributed by atoms with Crippen LogP contribution in [0.4, 0.5) is 11.6 Å². The van der Waals surface area contributed by atoms with Crippen molar-refractivity contribution in [2.75, 3.05) is 11.1 Å². The van der Waals surface area contributed by atoms with Gasteiger partial charge in [-0.05, 0) is 12.1 Å². The van der Waals surface area contributed by atoms with Gasteiger partial charge in [0.05, 0.1) is 5.56 Å². The third kappa shape index (κ3) is 1.96. The lowest BCUT2D eigenvalue weighted by Crippen LogP contribution is -2.14. The molecule has 5 nitrogen and oxygen atoms in total. The number of aromatic amines is 1. The van der Waals surface area contributed by atoms with Crippen LogP contribution in [0, 0.1) is 0 Å². The van der Waals surface area contributed by atoms with Crippen molar-refractivity contribution in [3.8, 4) is 0 Å². The number of nitrogens with one attached hydrogen (secondary N) is 2. The quantitative estimate of drug-likeness (QED) is 0.640. The number of imidazole rings is 1. The lowest BCUT2D eigenvalue weighted by atomic mass is 10.2. The Balaban J connectivity index is 2.19. The molecule has 0 saturated carbocycles. The van der Waals surface area contributed by atoms with Gasteiger partial charge in [-0.15, -0.1) is 0 Å². The van der Waals surface area contributed by atoms with E-state index in [9.17, 15) is 4.79 Å². The molecule has 5 heteroatoms. The van der Waals surface area contributed by atoms with Crippen molar-refractivity contribution in [3.63, 3.8) is 0 Å². The first-order valence-electron chi connectivity index (χ1n) is 4.42. The van der Waals surface area contributed by atoms with Gasteiger partial charge < -0.3 is 10.7 Å². The van der Waals surface area contributed by atoms with E-state index in [1.54, 1.807) is 36.7 Å². The summed E-state index contributed by atoms with van der Waals surface area (Å²) >= 11 is 0. The number of aromatic nitrogens is 2. The molecular formula is C10H10N4O. The number of nitrogen functional groups attached to an aromatic ring is 1. The van der Waals surface area contributed by atoms with Crippen molar-refractivity contribution in [1.82, 2.24) is 9.97 Å². The summed E-state index contributed by atoms with van der Waals surface area (Å²) in [4.78, 5) is 18.3. The molecule has 0 aliphatic rings. The van der Waals surface area contributed by atoms with E-state index in [1.165, 1.54) is 0 Å². The van der Waals surface area contributed by atoms with Crippen molar-refractivity contribution in [2.45, 2.75) is 0 Å². The fraction of sp³-hybridized carbons (Fsp3) is 0. The number of hydrogen-bond donors (Lipinski definition) is 3. The Hall–Kier alpha value is -2.30. The number of hydrogen-bond acceptors (Lipinski definition) is 3. The van der Waals surface area contributed by atoms with Crippen LogP contribution >= 0.6 is 0 Å². The van der Waals surface area contributed by atoms with E-state index >= 15 is 0 Å². The first kappa shape index (κ1) is 9.26. The van der Waals surface area contributed by atoms with Gasteiger partial charge in [0.2, 0.25) is 5.95 Å². The normalized spacial score (nSPS) is 9.87. The number of rotatable bonds is 2. The molecule has 0 aliphatic carbocycles. The van der Waals surface area contributed by atoms with Crippen LogP contribution in [0.5, 0.6) is 0 Å². The molecule has 0 atom stereocenters. The second kappa shape index (κ2) is 3.83. The first-order valence-corrected chi connectivity index (χ1v) is 4.42. The van der Waals surface area contributed by atoms with Crippen LogP contribution in [0.3, 0.4) is 0 Å². The van der Waals surface area contributed by atoms with E-state index in [-0.39, 0.29) is 5.91 Å². The van der Waals surface area contributed by atoms with Crippen LogP contribution < -0.4 is 11.1 Å². The van der Waals surface area contributed by atoms with Crippen LogP contribution in [-0.4, -0.2) is 15.9 Å². The molecule has 0 spiro atoms. The monoisotopic (exact) mass is 202 g/mol. The van der Waals surface area contributed by atoms with Crippen molar-refractivity contribution in [3.05, 3.63) is 42.2 Å². The van der Waals surface area contributed by atoms with Crippen molar-refractivity contribution < 1.29 is 4.79 Å². The predicted octanol–water partition coefficient (Wildman–Crippen LogP) is 1.24. The maximum Gasteiger partial charge on any atom is 0.260 e. The zero-order valence-corrected chi connectivity index (χ0v) is 7.90. The summed E-state index contributed by atoms with van der Waals surface area (Å²) in [6, 6.07) is 6.87. The lowest BCUT2D eigenvalue weighted by molar-refractivity contribution is 0.102. The number of H-pyrrole nitrogens is 1. The van der Waals surface area contributed by atoms with Gasteiger partial charge in [0.25, 0.3) is 5.91 Å². The average molecular weight is 202 g/mol. The second-order valence-electron chi connectivity index (χ2n) is 2.98. The Bertz CT molecular complexity index is 464. The summed E-state index contributed by atoms with van der Waals surface area (Å²) in [7, 11) is 0. The molecule has 2 aromatic rings. The maximum atomic E-state index is 11.7. The summed E-state index contributed by atoms with van der Waals surface area (Å²) < 4.78 is 0. The van der Waals surface area contributed by atoms with E-state index in [4.69, 9.17) is 5.73 Å². The fourth-order valence-corrected chi connectivity index (χ4v) is 1.21. The number of nitrogens with zero attached hydrogens (tertiary/aromatic N) is 1. The van der Waals surface area contributed by atoms with Gasteiger partial charge in [0.1, 0.15) is 0 Å². The van der Waals surface area contributed by atoms with Gasteiger partial charge >= 0.3 is 0 Å². The average Bonchev–Trinajstić information content (AvgIpc) is 2.71. The molecule has 0 saturated heterocycles. The topological polar surface area (TPSA) is 83.8 Å². The zero-order chi connectivity index (χ0) is 10.7. The summed E-state index contributed by atoms with van der Waals surface area (Å²) in [6.07, 6.45) is 3.19. The summed E-state index contributed by atoms with van der Waals surface area (Å²) in [6.45, 7) is 0. The van der Waals surface area contributed by atoms with Crippen molar-refractivity contribution in [1.29, 1.82) is 0 Å². The number of para-hydroxylation sites is 1. The smallest absolute Gasteiger partial charge is 0.260 e. The highest BCUT2D eigenvalue weighted by molar-refractivity contribution is 6.06. The van der Waals surface area contributed by atoms with Gasteiger partial charge in [-0.25, -0.2) is 4.98 Å². The number of anilines is 2. The molecule has 0 bridgehead atoms. The third-order valence-electron chi connectivity index (χ3n) is 1.94. The van der Waals surface area contributed by atoms with Gasteiger partial charge in [-0.2, -0.15) is 0 Å². The third-order valence-corrected chi connectivity index (χ3v) is 1.94. The molecule has 76 valence electrons. The minimum atomic E-state index is -0.275. The molecule has 2 rings (SSSR count). The molecule has 1 amide bonds.